The molecule has 0 unspecified atom stereocenters. The second kappa shape index (κ2) is 17.0. The van der Waals surface area contributed by atoms with Crippen LogP contribution < -0.4 is 5.32 Å². The first-order valence-electron chi connectivity index (χ1n) is 11.6. The molecule has 6 nitrogen and oxygen atoms in total. The summed E-state index contributed by atoms with van der Waals surface area (Å²) in [6.07, 6.45) is 5.75. The van der Waals surface area contributed by atoms with Crippen molar-refractivity contribution in [3.05, 3.63) is 91.0 Å². The largest absolute Gasteiger partial charge is 0.444 e. The zero-order chi connectivity index (χ0) is 28.5. The van der Waals surface area contributed by atoms with Crippen LogP contribution in [0.2, 0.25) is 0 Å². The molecule has 0 aliphatic heterocycles. The lowest BCUT2D eigenvalue weighted by Gasteiger charge is -2.20. The number of amidine groups is 1. The van der Waals surface area contributed by atoms with Crippen molar-refractivity contribution in [3.8, 4) is 0 Å². The molecule has 0 heterocycles. The monoisotopic (exact) mass is 524 g/mol. The minimum atomic E-state index is -0.757. The maximum Gasteiger partial charge on any atom is 0.436 e. The minimum Gasteiger partial charge on any atom is -0.444 e. The van der Waals surface area contributed by atoms with E-state index in [4.69, 9.17) is 9.47 Å². The lowest BCUT2D eigenvalue weighted by atomic mass is 10.1. The van der Waals surface area contributed by atoms with Gasteiger partial charge in [0.15, 0.2) is 5.17 Å². The van der Waals surface area contributed by atoms with Crippen molar-refractivity contribution in [2.45, 2.75) is 52.7 Å². The summed E-state index contributed by atoms with van der Waals surface area (Å²) in [7, 11) is 0. The highest BCUT2D eigenvalue weighted by molar-refractivity contribution is 8.13. The maximum absolute atomic E-state index is 11.5. The number of aliphatic imine (C=N–C) groups is 1. The van der Waals surface area contributed by atoms with Crippen LogP contribution in [0.5, 0.6) is 0 Å². The first kappa shape index (κ1) is 33.4. The zero-order valence-corrected chi connectivity index (χ0v) is 23.9. The van der Waals surface area contributed by atoms with E-state index < -0.39 is 23.4 Å². The molecule has 1 N–H and O–H groups in total. The number of rotatable bonds is 3. The molecule has 2 rings (SSSR count). The fourth-order valence-corrected chi connectivity index (χ4v) is 2.59. The van der Waals surface area contributed by atoms with Gasteiger partial charge in [-0.15, -0.1) is 0 Å². The Morgan fingerprint density at radius 1 is 0.757 bits per heavy atom. The summed E-state index contributed by atoms with van der Waals surface area (Å²) in [6.45, 7) is 21.4. The van der Waals surface area contributed by atoms with E-state index >= 15 is 0 Å². The van der Waals surface area contributed by atoms with Gasteiger partial charge in [-0.25, -0.2) is 9.59 Å². The van der Waals surface area contributed by atoms with Gasteiger partial charge in [0.05, 0.1) is 0 Å². The molecule has 2 aromatic carbocycles. The predicted molar refractivity (Wildman–Crippen MR) is 160 cm³/mol. The maximum atomic E-state index is 11.5. The van der Waals surface area contributed by atoms with Gasteiger partial charge in [-0.2, -0.15) is 4.99 Å². The number of alkyl carbamates (subject to hydrolysis) is 1. The summed E-state index contributed by atoms with van der Waals surface area (Å²) in [6, 6.07) is 18.1. The summed E-state index contributed by atoms with van der Waals surface area (Å²) < 4.78 is 10.1. The molecule has 200 valence electrons. The molecule has 0 aliphatic carbocycles. The van der Waals surface area contributed by atoms with Gasteiger partial charge in [-0.3, -0.25) is 5.32 Å². The van der Waals surface area contributed by atoms with Crippen LogP contribution in [-0.4, -0.2) is 34.8 Å². The van der Waals surface area contributed by atoms with E-state index in [0.717, 1.165) is 22.9 Å². The predicted octanol–water partition coefficient (Wildman–Crippen LogP) is 8.47. The lowest BCUT2D eigenvalue weighted by molar-refractivity contribution is 0.0564. The number of thioether (sulfide) groups is 1. The lowest BCUT2D eigenvalue weighted by Crippen LogP contribution is -2.35. The average molecular weight is 525 g/mol. The Labute approximate surface area is 226 Å². The summed E-state index contributed by atoms with van der Waals surface area (Å²) in [4.78, 5) is 26.7. The van der Waals surface area contributed by atoms with Crippen LogP contribution in [0.1, 0.15) is 58.2 Å². The van der Waals surface area contributed by atoms with Crippen LogP contribution in [-0.2, 0) is 9.47 Å². The second-order valence-electron chi connectivity index (χ2n) is 9.42. The number of hydrogen-bond donors (Lipinski definition) is 1. The molecule has 0 atom stereocenters. The van der Waals surface area contributed by atoms with E-state index in [0.29, 0.717) is 0 Å². The van der Waals surface area contributed by atoms with Crippen molar-refractivity contribution in [1.29, 1.82) is 0 Å². The molecule has 2 amide bonds. The third kappa shape index (κ3) is 18.4. The molecule has 37 heavy (non-hydrogen) atoms. The minimum absolute atomic E-state index is 0.128. The number of carbonyl (C=O) groups is 2. The number of hydrogen-bond acceptors (Lipinski definition) is 5. The zero-order valence-electron chi connectivity index (χ0n) is 23.0. The first-order valence-corrected chi connectivity index (χ1v) is 12.8. The van der Waals surface area contributed by atoms with E-state index in [1.165, 1.54) is 5.56 Å². The molecular formula is C30H40N2O4S. The third-order valence-electron chi connectivity index (χ3n) is 3.83. The Hall–Kier alpha value is -3.58. The summed E-state index contributed by atoms with van der Waals surface area (Å²) in [5.74, 6) is 0. The van der Waals surface area contributed by atoms with Gasteiger partial charge >= 0.3 is 12.2 Å². The van der Waals surface area contributed by atoms with Crippen molar-refractivity contribution in [2.24, 2.45) is 4.99 Å². The Bertz CT molecular complexity index is 1000. The van der Waals surface area contributed by atoms with Gasteiger partial charge in [0, 0.05) is 0 Å². The molecule has 0 bridgehead atoms. The van der Waals surface area contributed by atoms with Crippen LogP contribution >= 0.6 is 11.8 Å². The molecule has 0 aromatic heterocycles. The quantitative estimate of drug-likeness (QED) is 0.322. The smallest absolute Gasteiger partial charge is 0.436 e. The number of amides is 2. The van der Waals surface area contributed by atoms with E-state index in [9.17, 15) is 9.59 Å². The van der Waals surface area contributed by atoms with Crippen LogP contribution in [0.3, 0.4) is 0 Å². The summed E-state index contributed by atoms with van der Waals surface area (Å²) >= 11 is 1.12. The molecule has 0 saturated carbocycles. The van der Waals surface area contributed by atoms with Gasteiger partial charge in [0.25, 0.3) is 0 Å². The van der Waals surface area contributed by atoms with Gasteiger partial charge < -0.3 is 9.47 Å². The number of nitrogens with one attached hydrogen (secondary N) is 1. The van der Waals surface area contributed by atoms with Crippen molar-refractivity contribution in [2.75, 3.05) is 6.26 Å². The van der Waals surface area contributed by atoms with Crippen molar-refractivity contribution in [1.82, 2.24) is 5.32 Å². The number of benzene rings is 2. The standard InChI is InChI=1S/C12H22N2O4S.C10H10.C8H8/c1-11(2,3)17-9(15)13-8(19-7)14-10(16)18-12(4,5)6;1-3-9-5-7-10(4-2)8-6-9;1-2-8-6-4-3-5-7-8/h1-7H3,(H,13,14,15,16);3-8H,1-2H2;2-7H,1H2. The van der Waals surface area contributed by atoms with Crippen molar-refractivity contribution < 1.29 is 19.1 Å². The van der Waals surface area contributed by atoms with E-state index in [1.807, 2.05) is 72.8 Å². The molecule has 7 heteroatoms. The fourth-order valence-electron chi connectivity index (χ4n) is 2.24. The Morgan fingerprint density at radius 2 is 1.16 bits per heavy atom. The number of carbonyl (C=O) groups excluding carboxylic acids is 2. The van der Waals surface area contributed by atoms with Gasteiger partial charge in [-0.1, -0.05) is 104 Å². The van der Waals surface area contributed by atoms with Crippen molar-refractivity contribution >= 4 is 47.3 Å². The Morgan fingerprint density at radius 3 is 1.49 bits per heavy atom. The number of nitrogens with zero attached hydrogens (tertiary/aromatic N) is 1. The van der Waals surface area contributed by atoms with Crippen LogP contribution in [0.25, 0.3) is 18.2 Å². The first-order chi connectivity index (χ1) is 17.2. The molecule has 2 aromatic rings. The van der Waals surface area contributed by atoms with E-state index in [1.54, 1.807) is 47.8 Å². The Balaban J connectivity index is 0.000000593. The van der Waals surface area contributed by atoms with Crippen LogP contribution in [0, 0.1) is 0 Å². The highest BCUT2D eigenvalue weighted by Gasteiger charge is 2.19. The second-order valence-corrected chi connectivity index (χ2v) is 10.2. The average Bonchev–Trinajstić information content (AvgIpc) is 2.82. The normalized spacial score (nSPS) is 10.8. The van der Waals surface area contributed by atoms with E-state index in [2.05, 4.69) is 30.0 Å². The molecule has 0 spiro atoms. The van der Waals surface area contributed by atoms with E-state index in [-0.39, 0.29) is 5.17 Å². The van der Waals surface area contributed by atoms with Crippen molar-refractivity contribution in [3.63, 3.8) is 0 Å². The SMILES string of the molecule is C=Cc1ccc(C=C)cc1.C=Cc1ccccc1.CS/C(=N\C(=O)OC(C)(C)C)NC(=O)OC(C)(C)C. The summed E-state index contributed by atoms with van der Waals surface area (Å²) in [5.41, 5.74) is 2.22. The van der Waals surface area contributed by atoms with Gasteiger partial charge in [0.1, 0.15) is 11.2 Å². The Kier molecular flexibility index (Phi) is 15.3. The molecule has 0 saturated heterocycles. The fraction of sp³-hybridized carbons (Fsp3) is 0.300. The van der Waals surface area contributed by atoms with Crippen LogP contribution in [0.15, 0.2) is 79.3 Å². The van der Waals surface area contributed by atoms with Crippen LogP contribution in [0.4, 0.5) is 9.59 Å². The van der Waals surface area contributed by atoms with Gasteiger partial charge in [-0.05, 0) is 64.5 Å². The highest BCUT2D eigenvalue weighted by atomic mass is 32.2. The topological polar surface area (TPSA) is 77.0 Å². The molecular weight excluding hydrogens is 484 g/mol. The molecule has 0 aliphatic rings. The molecule has 0 fully saturated rings. The third-order valence-corrected chi connectivity index (χ3v) is 4.41. The summed E-state index contributed by atoms with van der Waals surface area (Å²) in [5, 5.41) is 2.52. The molecule has 0 radical (unpaired) electrons. The van der Waals surface area contributed by atoms with Gasteiger partial charge in [0.2, 0.25) is 0 Å². The highest BCUT2D eigenvalue weighted by Crippen LogP contribution is 2.10. The number of ether oxygens (including phenoxy) is 2.